The number of methoxy groups -OCH3 is 2. The number of rotatable bonds is 6. The summed E-state index contributed by atoms with van der Waals surface area (Å²) in [6.07, 6.45) is 0. The first-order valence-electron chi connectivity index (χ1n) is 5.36. The maximum absolute atomic E-state index is 10.7. The number of aliphatic carboxylic acids is 1. The molecule has 100 valence electrons. The van der Waals surface area contributed by atoms with Gasteiger partial charge in [-0.1, -0.05) is 15.9 Å². The average molecular weight is 318 g/mol. The number of carboxylic acid groups (broad SMARTS) is 1. The van der Waals surface area contributed by atoms with Crippen LogP contribution in [0.2, 0.25) is 0 Å². The number of halogens is 1. The van der Waals surface area contributed by atoms with E-state index in [2.05, 4.69) is 21.2 Å². The Hall–Kier alpha value is -1.27. The first-order valence-corrected chi connectivity index (χ1v) is 6.15. The van der Waals surface area contributed by atoms with Gasteiger partial charge in [-0.15, -0.1) is 0 Å². The van der Waals surface area contributed by atoms with Gasteiger partial charge in [-0.05, 0) is 24.6 Å². The fraction of sp³-hybridized carbons (Fsp3) is 0.417. The van der Waals surface area contributed by atoms with Gasteiger partial charge < -0.3 is 19.9 Å². The van der Waals surface area contributed by atoms with Crippen LogP contribution < -0.4 is 14.8 Å². The largest absolute Gasteiger partial charge is 0.493 e. The van der Waals surface area contributed by atoms with Gasteiger partial charge >= 0.3 is 5.97 Å². The number of nitrogens with one attached hydrogen (secondary N) is 1. The molecule has 6 heteroatoms. The van der Waals surface area contributed by atoms with Gasteiger partial charge in [0.15, 0.2) is 11.5 Å². The third-order valence-corrected chi connectivity index (χ3v) is 3.26. The highest BCUT2D eigenvalue weighted by molar-refractivity contribution is 9.10. The molecule has 0 amide bonds. The van der Waals surface area contributed by atoms with Gasteiger partial charge in [0.1, 0.15) is 6.04 Å². The Kier molecular flexibility index (Phi) is 5.43. The Labute approximate surface area is 114 Å². The summed E-state index contributed by atoms with van der Waals surface area (Å²) in [4.78, 5) is 10.7. The zero-order valence-electron chi connectivity index (χ0n) is 10.5. The molecule has 5 nitrogen and oxygen atoms in total. The molecule has 1 atom stereocenters. The second-order valence-electron chi connectivity index (χ2n) is 3.74. The molecule has 0 saturated carbocycles. The van der Waals surface area contributed by atoms with Crippen LogP contribution >= 0.6 is 15.9 Å². The van der Waals surface area contributed by atoms with Crippen LogP contribution in [-0.4, -0.2) is 31.3 Å². The van der Waals surface area contributed by atoms with Crippen LogP contribution in [0.1, 0.15) is 12.5 Å². The van der Waals surface area contributed by atoms with Gasteiger partial charge in [-0.25, -0.2) is 0 Å². The van der Waals surface area contributed by atoms with E-state index in [9.17, 15) is 4.79 Å². The minimum absolute atomic E-state index is 0.425. The SMILES string of the molecule is COc1cc(Br)c(CNC(C)C(=O)O)cc1OC. The number of hydrogen-bond acceptors (Lipinski definition) is 4. The molecule has 1 rings (SSSR count). The predicted molar refractivity (Wildman–Crippen MR) is 71.2 cm³/mol. The summed E-state index contributed by atoms with van der Waals surface area (Å²) in [7, 11) is 3.12. The maximum atomic E-state index is 10.7. The van der Waals surface area contributed by atoms with Crippen LogP contribution in [0, 0.1) is 0 Å². The maximum Gasteiger partial charge on any atom is 0.320 e. The third-order valence-electron chi connectivity index (χ3n) is 2.52. The standard InChI is InChI=1S/C12H16BrNO4/c1-7(12(15)16)14-6-8-4-10(17-2)11(18-3)5-9(8)13/h4-5,7,14H,6H2,1-3H3,(H,15,16). The number of benzene rings is 1. The highest BCUT2D eigenvalue weighted by Crippen LogP contribution is 2.33. The van der Waals surface area contributed by atoms with Crippen LogP contribution in [0.3, 0.4) is 0 Å². The van der Waals surface area contributed by atoms with E-state index in [1.807, 2.05) is 6.07 Å². The third kappa shape index (κ3) is 3.61. The summed E-state index contributed by atoms with van der Waals surface area (Å²) in [5, 5.41) is 11.7. The summed E-state index contributed by atoms with van der Waals surface area (Å²) in [6.45, 7) is 2.02. The Balaban J connectivity index is 2.86. The second-order valence-corrected chi connectivity index (χ2v) is 4.59. The van der Waals surface area contributed by atoms with Gasteiger partial charge in [-0.2, -0.15) is 0 Å². The Bertz CT molecular complexity index is 436. The van der Waals surface area contributed by atoms with E-state index in [0.29, 0.717) is 18.0 Å². The zero-order chi connectivity index (χ0) is 13.7. The van der Waals surface area contributed by atoms with Crippen molar-refractivity contribution in [3.63, 3.8) is 0 Å². The van der Waals surface area contributed by atoms with E-state index < -0.39 is 12.0 Å². The smallest absolute Gasteiger partial charge is 0.320 e. The number of carboxylic acids is 1. The van der Waals surface area contributed by atoms with E-state index in [-0.39, 0.29) is 0 Å². The quantitative estimate of drug-likeness (QED) is 0.840. The number of hydrogen-bond donors (Lipinski definition) is 2. The highest BCUT2D eigenvalue weighted by atomic mass is 79.9. The molecule has 1 aromatic rings. The van der Waals surface area contributed by atoms with E-state index in [1.165, 1.54) is 0 Å². The van der Waals surface area contributed by atoms with Crippen molar-refractivity contribution in [1.29, 1.82) is 0 Å². The molecule has 0 fully saturated rings. The average Bonchev–Trinajstić information content (AvgIpc) is 2.36. The Morgan fingerprint density at radius 2 is 1.94 bits per heavy atom. The van der Waals surface area contributed by atoms with Crippen molar-refractivity contribution in [3.8, 4) is 11.5 Å². The van der Waals surface area contributed by atoms with Crippen molar-refractivity contribution < 1.29 is 19.4 Å². The van der Waals surface area contributed by atoms with Crippen LogP contribution in [0.4, 0.5) is 0 Å². The first-order chi connectivity index (χ1) is 8.49. The molecular formula is C12H16BrNO4. The van der Waals surface area contributed by atoms with Crippen LogP contribution in [-0.2, 0) is 11.3 Å². The minimum Gasteiger partial charge on any atom is -0.493 e. The van der Waals surface area contributed by atoms with Crippen LogP contribution in [0.15, 0.2) is 16.6 Å². The van der Waals surface area contributed by atoms with E-state index in [0.717, 1.165) is 10.0 Å². The topological polar surface area (TPSA) is 67.8 Å². The second kappa shape index (κ2) is 6.61. The summed E-state index contributed by atoms with van der Waals surface area (Å²) in [5.41, 5.74) is 0.903. The Morgan fingerprint density at radius 3 is 2.44 bits per heavy atom. The van der Waals surface area contributed by atoms with Crippen LogP contribution in [0.25, 0.3) is 0 Å². The molecule has 18 heavy (non-hydrogen) atoms. The van der Waals surface area contributed by atoms with Crippen LogP contribution in [0.5, 0.6) is 11.5 Å². The van der Waals surface area contributed by atoms with E-state index in [1.54, 1.807) is 27.2 Å². The molecule has 0 aliphatic heterocycles. The van der Waals surface area contributed by atoms with Gasteiger partial charge in [0.2, 0.25) is 0 Å². The molecular weight excluding hydrogens is 302 g/mol. The van der Waals surface area contributed by atoms with Crippen molar-refractivity contribution in [2.75, 3.05) is 14.2 Å². The molecule has 0 aromatic heterocycles. The van der Waals surface area contributed by atoms with E-state index in [4.69, 9.17) is 14.6 Å². The van der Waals surface area contributed by atoms with Crippen molar-refractivity contribution in [3.05, 3.63) is 22.2 Å². The predicted octanol–water partition coefficient (Wildman–Crippen LogP) is 2.03. The van der Waals surface area contributed by atoms with Gasteiger partial charge in [0.05, 0.1) is 14.2 Å². The fourth-order valence-corrected chi connectivity index (χ4v) is 1.84. The lowest BCUT2D eigenvalue weighted by Gasteiger charge is -2.14. The normalized spacial score (nSPS) is 12.0. The van der Waals surface area contributed by atoms with Crippen molar-refractivity contribution >= 4 is 21.9 Å². The lowest BCUT2D eigenvalue weighted by atomic mass is 10.2. The fourth-order valence-electron chi connectivity index (χ4n) is 1.38. The van der Waals surface area contributed by atoms with Gasteiger partial charge in [0.25, 0.3) is 0 Å². The van der Waals surface area contributed by atoms with Crippen molar-refractivity contribution in [2.45, 2.75) is 19.5 Å². The Morgan fingerprint density at radius 1 is 1.39 bits per heavy atom. The molecule has 0 radical (unpaired) electrons. The molecule has 1 unspecified atom stereocenters. The monoisotopic (exact) mass is 317 g/mol. The molecule has 0 aliphatic carbocycles. The summed E-state index contributed by atoms with van der Waals surface area (Å²) in [6, 6.07) is 3.00. The molecule has 0 bridgehead atoms. The molecule has 0 saturated heterocycles. The highest BCUT2D eigenvalue weighted by Gasteiger charge is 2.13. The van der Waals surface area contributed by atoms with Gasteiger partial charge in [0, 0.05) is 11.0 Å². The van der Waals surface area contributed by atoms with E-state index >= 15 is 0 Å². The number of ether oxygens (including phenoxy) is 2. The summed E-state index contributed by atoms with van der Waals surface area (Å²) in [5.74, 6) is 0.353. The molecule has 0 aliphatic rings. The molecule has 1 aromatic carbocycles. The lowest BCUT2D eigenvalue weighted by Crippen LogP contribution is -2.33. The molecule has 0 spiro atoms. The van der Waals surface area contributed by atoms with Crippen molar-refractivity contribution in [1.82, 2.24) is 5.32 Å². The zero-order valence-corrected chi connectivity index (χ0v) is 12.1. The molecule has 2 N–H and O–H groups in total. The summed E-state index contributed by atoms with van der Waals surface area (Å²) >= 11 is 3.42. The lowest BCUT2D eigenvalue weighted by molar-refractivity contribution is -0.139. The van der Waals surface area contributed by atoms with Gasteiger partial charge in [-0.3, -0.25) is 4.79 Å². The summed E-state index contributed by atoms with van der Waals surface area (Å²) < 4.78 is 11.2. The van der Waals surface area contributed by atoms with Crippen molar-refractivity contribution in [2.24, 2.45) is 0 Å². The number of carbonyl (C=O) groups is 1. The molecule has 0 heterocycles. The first kappa shape index (κ1) is 14.8. The minimum atomic E-state index is -0.883.